The summed E-state index contributed by atoms with van der Waals surface area (Å²) in [5, 5.41) is 7.64. The van der Waals surface area contributed by atoms with Crippen molar-refractivity contribution >= 4 is 50.2 Å². The average Bonchev–Trinajstić information content (AvgIpc) is 3.46. The summed E-state index contributed by atoms with van der Waals surface area (Å²) in [6, 6.07) is 1.96. The number of carbonyl (C=O) groups excluding carboxylic acids is 1. The molecule has 0 aromatic carbocycles. The molecule has 1 fully saturated rings. The van der Waals surface area contributed by atoms with Crippen molar-refractivity contribution in [1.82, 2.24) is 14.5 Å². The maximum atomic E-state index is 13.4. The average molecular weight is 523 g/mol. The molecule has 186 valence electrons. The number of thiocarbonyl (C=S) groups is 1. The first-order valence-electron chi connectivity index (χ1n) is 12.0. The molecule has 0 bridgehead atoms. The predicted molar refractivity (Wildman–Crippen MR) is 140 cm³/mol. The van der Waals surface area contributed by atoms with Crippen LogP contribution in [0.2, 0.25) is 0 Å². The van der Waals surface area contributed by atoms with Gasteiger partial charge in [0.2, 0.25) is 10.0 Å². The Morgan fingerprint density at radius 1 is 1.32 bits per heavy atom. The summed E-state index contributed by atoms with van der Waals surface area (Å²) < 4.78 is 31.4. The van der Waals surface area contributed by atoms with Gasteiger partial charge in [-0.1, -0.05) is 26.1 Å². The van der Waals surface area contributed by atoms with Gasteiger partial charge in [-0.25, -0.2) is 13.1 Å². The molecule has 1 atom stereocenters. The number of ketones is 1. The molecule has 4 rings (SSSR count). The van der Waals surface area contributed by atoms with Crippen molar-refractivity contribution in [1.29, 1.82) is 0 Å². The van der Waals surface area contributed by atoms with Crippen LogP contribution in [0.15, 0.2) is 11.0 Å². The Morgan fingerprint density at radius 2 is 2.06 bits per heavy atom. The van der Waals surface area contributed by atoms with Crippen molar-refractivity contribution in [2.45, 2.75) is 70.6 Å². The first kappa shape index (κ1) is 25.5. The van der Waals surface area contributed by atoms with Gasteiger partial charge in [0.15, 0.2) is 0 Å². The number of aryl methyl sites for hydroxylation is 3. The first-order valence-corrected chi connectivity index (χ1v) is 14.7. The first-order chi connectivity index (χ1) is 16.0. The normalized spacial score (nSPS) is 18.2. The van der Waals surface area contributed by atoms with E-state index in [-0.39, 0.29) is 30.0 Å². The smallest absolute Gasteiger partial charge is 0.241 e. The van der Waals surface area contributed by atoms with Crippen molar-refractivity contribution in [2.75, 3.05) is 11.9 Å². The second-order valence-electron chi connectivity index (χ2n) is 10.1. The highest BCUT2D eigenvalue weighted by atomic mass is 32.2. The van der Waals surface area contributed by atoms with E-state index < -0.39 is 10.0 Å². The number of aromatic nitrogens is 2. The van der Waals surface area contributed by atoms with Crippen molar-refractivity contribution in [3.05, 3.63) is 27.1 Å². The van der Waals surface area contributed by atoms with Crippen LogP contribution >= 0.6 is 23.6 Å². The fraction of sp³-hybridized carbons (Fsp3) is 0.625. The summed E-state index contributed by atoms with van der Waals surface area (Å²) >= 11 is 7.16. The second kappa shape index (κ2) is 10.2. The number of hydrogen-bond donors (Lipinski definition) is 2. The van der Waals surface area contributed by atoms with Crippen LogP contribution in [0.5, 0.6) is 0 Å². The highest BCUT2D eigenvalue weighted by molar-refractivity contribution is 7.89. The Hall–Kier alpha value is -1.62. The third-order valence-electron chi connectivity index (χ3n) is 6.44. The van der Waals surface area contributed by atoms with Crippen LogP contribution in [0.4, 0.5) is 5.82 Å². The number of nitrogens with zero attached hydrogens (tertiary/aromatic N) is 2. The van der Waals surface area contributed by atoms with Gasteiger partial charge in [0.05, 0.1) is 15.6 Å². The van der Waals surface area contributed by atoms with E-state index in [4.69, 9.17) is 12.2 Å². The summed E-state index contributed by atoms with van der Waals surface area (Å²) in [5.74, 6) is 1.60. The molecule has 0 saturated heterocycles. The zero-order chi connectivity index (χ0) is 24.6. The molecule has 2 N–H and O–H groups in total. The summed E-state index contributed by atoms with van der Waals surface area (Å²) in [6.07, 6.45) is 5.21. The highest BCUT2D eigenvalue weighted by Gasteiger charge is 2.36. The van der Waals surface area contributed by atoms with Gasteiger partial charge in [-0.3, -0.25) is 9.48 Å². The number of thiophene rings is 1. The van der Waals surface area contributed by atoms with E-state index in [0.717, 1.165) is 52.6 Å². The molecule has 2 aromatic heterocycles. The molecular formula is C24H34N4O3S3. The summed E-state index contributed by atoms with van der Waals surface area (Å²) in [4.78, 5) is 15.5. The maximum absolute atomic E-state index is 13.4. The number of Topliss-reactive ketones (excluding diaryl/α,β-unsaturated/α-hetero) is 1. The summed E-state index contributed by atoms with van der Waals surface area (Å²) in [7, 11) is -1.81. The minimum Gasteiger partial charge on any atom is -0.335 e. The molecule has 0 radical (unpaired) electrons. The number of anilines is 1. The Balaban J connectivity index is 1.55. The van der Waals surface area contributed by atoms with Crippen LogP contribution in [0, 0.1) is 24.7 Å². The third-order valence-corrected chi connectivity index (χ3v) is 9.71. The SMILES string of the molecule is Cc1cc(NC(=S)CC2CCc3sc(CC(=O)C4CC4)c(S(=O)(=O)NCC(C)C)c3C2)n(C)n1. The third kappa shape index (κ3) is 5.95. The van der Waals surface area contributed by atoms with E-state index in [1.807, 2.05) is 33.9 Å². The quantitative estimate of drug-likeness (QED) is 0.455. The Morgan fingerprint density at radius 3 is 2.68 bits per heavy atom. The number of rotatable bonds is 10. The molecule has 0 aliphatic heterocycles. The van der Waals surface area contributed by atoms with E-state index in [1.54, 1.807) is 4.68 Å². The van der Waals surface area contributed by atoms with Crippen LogP contribution in [0.25, 0.3) is 0 Å². The lowest BCUT2D eigenvalue weighted by Crippen LogP contribution is -2.30. The van der Waals surface area contributed by atoms with Crippen LogP contribution in [0.1, 0.15) is 60.5 Å². The van der Waals surface area contributed by atoms with Gasteiger partial charge in [0.25, 0.3) is 0 Å². The molecule has 1 unspecified atom stereocenters. The van der Waals surface area contributed by atoms with Crippen LogP contribution in [-0.4, -0.2) is 35.5 Å². The summed E-state index contributed by atoms with van der Waals surface area (Å²) in [5.41, 5.74) is 1.82. The van der Waals surface area contributed by atoms with Crippen LogP contribution in [0.3, 0.4) is 0 Å². The lowest BCUT2D eigenvalue weighted by Gasteiger charge is -2.24. The predicted octanol–water partition coefficient (Wildman–Crippen LogP) is 4.18. The molecule has 2 aliphatic rings. The molecule has 7 nitrogen and oxygen atoms in total. The Kier molecular flexibility index (Phi) is 7.61. The van der Waals surface area contributed by atoms with Gasteiger partial charge < -0.3 is 5.32 Å². The van der Waals surface area contributed by atoms with E-state index in [2.05, 4.69) is 15.1 Å². The van der Waals surface area contributed by atoms with Gasteiger partial charge in [-0.05, 0) is 56.4 Å². The molecule has 0 spiro atoms. The van der Waals surface area contributed by atoms with Crippen LogP contribution in [-0.2, 0) is 41.1 Å². The fourth-order valence-electron chi connectivity index (χ4n) is 4.53. The van der Waals surface area contributed by atoms with Gasteiger partial charge >= 0.3 is 0 Å². The Bertz CT molecular complexity index is 1190. The van der Waals surface area contributed by atoms with Gasteiger partial charge in [0, 0.05) is 48.2 Å². The van der Waals surface area contributed by atoms with Gasteiger partial charge in [-0.15, -0.1) is 11.3 Å². The Labute approximate surface area is 211 Å². The minimum absolute atomic E-state index is 0.116. The van der Waals surface area contributed by atoms with Gasteiger partial charge in [0.1, 0.15) is 11.6 Å². The van der Waals surface area contributed by atoms with E-state index in [9.17, 15) is 13.2 Å². The summed E-state index contributed by atoms with van der Waals surface area (Å²) in [6.45, 7) is 6.28. The number of hydrogen-bond acceptors (Lipinski definition) is 6. The molecule has 0 amide bonds. The molecule has 1 saturated carbocycles. The monoisotopic (exact) mass is 522 g/mol. The van der Waals surface area contributed by atoms with Crippen molar-refractivity contribution in [2.24, 2.45) is 24.8 Å². The van der Waals surface area contributed by atoms with Crippen molar-refractivity contribution in [3.63, 3.8) is 0 Å². The van der Waals surface area contributed by atoms with Crippen molar-refractivity contribution < 1.29 is 13.2 Å². The van der Waals surface area contributed by atoms with Gasteiger partial charge in [-0.2, -0.15) is 5.10 Å². The fourth-order valence-corrected chi connectivity index (χ4v) is 8.24. The van der Waals surface area contributed by atoms with E-state index >= 15 is 0 Å². The van der Waals surface area contributed by atoms with E-state index in [1.165, 1.54) is 11.3 Å². The zero-order valence-electron chi connectivity index (χ0n) is 20.3. The number of carbonyl (C=O) groups is 1. The molecule has 2 aliphatic carbocycles. The second-order valence-corrected chi connectivity index (χ2v) is 13.5. The number of sulfonamides is 1. The zero-order valence-corrected chi connectivity index (χ0v) is 22.8. The highest BCUT2D eigenvalue weighted by Crippen LogP contribution is 2.41. The molecule has 10 heteroatoms. The van der Waals surface area contributed by atoms with E-state index in [0.29, 0.717) is 29.2 Å². The minimum atomic E-state index is -3.69. The largest absolute Gasteiger partial charge is 0.335 e. The lowest BCUT2D eigenvalue weighted by molar-refractivity contribution is -0.119. The molecular weight excluding hydrogens is 488 g/mol. The lowest BCUT2D eigenvalue weighted by atomic mass is 9.86. The standard InChI is InChI=1S/C24H34N4O3S3/c1-14(2)13-25-34(30,31)24-18-10-16(11-23(32)26-22-9-15(3)27-28(22)4)5-8-20(18)33-21(24)12-19(29)17-6-7-17/h9,14,16-17,25H,5-8,10-13H2,1-4H3,(H,26,32). The molecule has 34 heavy (non-hydrogen) atoms. The number of nitrogens with one attached hydrogen (secondary N) is 2. The molecule has 2 aromatic rings. The topological polar surface area (TPSA) is 93.1 Å². The number of fused-ring (bicyclic) bond motifs is 1. The van der Waals surface area contributed by atoms with Crippen molar-refractivity contribution in [3.8, 4) is 0 Å². The van der Waals surface area contributed by atoms with Crippen LogP contribution < -0.4 is 10.0 Å². The molecule has 2 heterocycles. The maximum Gasteiger partial charge on any atom is 0.241 e.